The smallest absolute Gasteiger partial charge is 0.235 e. The Morgan fingerprint density at radius 2 is 1.80 bits per heavy atom. The van der Waals surface area contributed by atoms with E-state index in [0.717, 1.165) is 37.2 Å². The molecular weight excluding hydrogens is 384 g/mol. The Morgan fingerprint density at radius 1 is 1.10 bits per heavy atom. The van der Waals surface area contributed by atoms with Gasteiger partial charge in [-0.05, 0) is 60.8 Å². The molecule has 0 radical (unpaired) electrons. The summed E-state index contributed by atoms with van der Waals surface area (Å²) < 4.78 is 28.7. The van der Waals surface area contributed by atoms with Crippen molar-refractivity contribution < 1.29 is 13.6 Å². The molecule has 2 saturated carbocycles. The van der Waals surface area contributed by atoms with E-state index < -0.39 is 17.0 Å². The minimum absolute atomic E-state index is 0.138. The van der Waals surface area contributed by atoms with Crippen LogP contribution >= 0.6 is 0 Å². The Hall–Kier alpha value is -2.37. The molecule has 1 amide bonds. The summed E-state index contributed by atoms with van der Waals surface area (Å²) in [5, 5.41) is 8.68. The van der Waals surface area contributed by atoms with Crippen LogP contribution in [0, 0.1) is 22.5 Å². The largest absolute Gasteiger partial charge is 0.341 e. The maximum Gasteiger partial charge on any atom is 0.235 e. The minimum Gasteiger partial charge on any atom is -0.341 e. The van der Waals surface area contributed by atoms with Crippen molar-refractivity contribution in [3.63, 3.8) is 0 Å². The summed E-state index contributed by atoms with van der Waals surface area (Å²) in [6.07, 6.45) is 5.37. The van der Waals surface area contributed by atoms with Crippen LogP contribution in [-0.2, 0) is 10.2 Å². The lowest BCUT2D eigenvalue weighted by Crippen LogP contribution is -2.65. The van der Waals surface area contributed by atoms with Gasteiger partial charge in [-0.1, -0.05) is 26.3 Å². The fourth-order valence-electron chi connectivity index (χ4n) is 6.83. The van der Waals surface area contributed by atoms with E-state index >= 15 is 0 Å². The zero-order chi connectivity index (χ0) is 20.9. The molecule has 1 aromatic heterocycles. The van der Waals surface area contributed by atoms with Crippen LogP contribution in [0.4, 0.5) is 8.78 Å². The summed E-state index contributed by atoms with van der Waals surface area (Å²) in [5.74, 6) is -0.988. The molecule has 3 aliphatic carbocycles. The highest BCUT2D eigenvalue weighted by molar-refractivity contribution is 5.92. The topological polar surface area (TPSA) is 46.1 Å². The summed E-state index contributed by atoms with van der Waals surface area (Å²) in [6.45, 7) is 6.00. The summed E-state index contributed by atoms with van der Waals surface area (Å²) in [4.78, 5) is 15.8. The number of likely N-dealkylation sites (tertiary alicyclic amines) is 1. The van der Waals surface area contributed by atoms with Gasteiger partial charge in [-0.3, -0.25) is 4.79 Å². The number of hydrogen-bond donors (Lipinski definition) is 0. The summed E-state index contributed by atoms with van der Waals surface area (Å²) in [7, 11) is 0. The second-order valence-electron chi connectivity index (χ2n) is 10.4. The van der Waals surface area contributed by atoms with Crippen molar-refractivity contribution in [3.05, 3.63) is 47.2 Å². The SMILES string of the molecule is CC1(C)[C@@H]2CC[C@@]1(C(=O)N1CC3(CCC3)C1)c1nnc(-c3c(F)cccc3F)cc12. The number of benzene rings is 1. The number of halogens is 2. The molecule has 30 heavy (non-hydrogen) atoms. The van der Waals surface area contributed by atoms with E-state index in [1.165, 1.54) is 37.5 Å². The van der Waals surface area contributed by atoms with Crippen molar-refractivity contribution >= 4 is 5.91 Å². The van der Waals surface area contributed by atoms with Crippen molar-refractivity contribution in [2.45, 2.75) is 57.3 Å². The van der Waals surface area contributed by atoms with Crippen molar-refractivity contribution in [3.8, 4) is 11.3 Å². The van der Waals surface area contributed by atoms with Crippen molar-refractivity contribution in [2.24, 2.45) is 10.8 Å². The molecule has 4 nitrogen and oxygen atoms in total. The van der Waals surface area contributed by atoms with Crippen molar-refractivity contribution in [2.75, 3.05) is 13.1 Å². The highest BCUT2D eigenvalue weighted by atomic mass is 19.1. The molecule has 2 atom stereocenters. The van der Waals surface area contributed by atoms with Gasteiger partial charge in [0.2, 0.25) is 5.91 Å². The molecule has 0 N–H and O–H groups in total. The normalized spacial score (nSPS) is 29.5. The Labute approximate surface area is 174 Å². The Kier molecular flexibility index (Phi) is 3.47. The monoisotopic (exact) mass is 409 g/mol. The van der Waals surface area contributed by atoms with Crippen LogP contribution in [0.25, 0.3) is 11.3 Å². The molecule has 1 aliphatic heterocycles. The van der Waals surface area contributed by atoms with E-state index in [4.69, 9.17) is 0 Å². The third-order valence-corrected chi connectivity index (χ3v) is 8.72. The number of nitrogens with zero attached hydrogens (tertiary/aromatic N) is 3. The first kappa shape index (κ1) is 18.4. The third kappa shape index (κ3) is 2.02. The van der Waals surface area contributed by atoms with Crippen LogP contribution in [0.3, 0.4) is 0 Å². The molecule has 156 valence electrons. The number of hydrogen-bond acceptors (Lipinski definition) is 3. The first-order valence-electron chi connectivity index (χ1n) is 10.9. The molecule has 2 heterocycles. The molecule has 3 fully saturated rings. The number of fused-ring (bicyclic) bond motifs is 5. The Balaban J connectivity index is 1.43. The average molecular weight is 409 g/mol. The molecule has 6 rings (SSSR count). The molecule has 1 saturated heterocycles. The highest BCUT2D eigenvalue weighted by Gasteiger charge is 2.69. The van der Waals surface area contributed by atoms with Crippen LogP contribution < -0.4 is 0 Å². The van der Waals surface area contributed by atoms with Gasteiger partial charge in [0.25, 0.3) is 0 Å². The predicted molar refractivity (Wildman–Crippen MR) is 108 cm³/mol. The van der Waals surface area contributed by atoms with Gasteiger partial charge in [0, 0.05) is 18.5 Å². The zero-order valence-electron chi connectivity index (χ0n) is 17.3. The minimum atomic E-state index is -0.683. The molecule has 1 spiro atoms. The lowest BCUT2D eigenvalue weighted by atomic mass is 9.61. The fraction of sp³-hybridized carbons (Fsp3) is 0.542. The zero-order valence-corrected chi connectivity index (χ0v) is 17.3. The van der Waals surface area contributed by atoms with Crippen LogP contribution in [-0.4, -0.2) is 34.1 Å². The summed E-state index contributed by atoms with van der Waals surface area (Å²) in [5.41, 5.74) is 1.10. The summed E-state index contributed by atoms with van der Waals surface area (Å²) >= 11 is 0. The molecular formula is C24H25F2N3O. The van der Waals surface area contributed by atoms with Gasteiger partial charge in [0.15, 0.2) is 0 Å². The van der Waals surface area contributed by atoms with Crippen LogP contribution in [0.2, 0.25) is 0 Å². The number of carbonyl (C=O) groups excluding carboxylic acids is 1. The average Bonchev–Trinajstić information content (AvgIpc) is 3.01. The summed E-state index contributed by atoms with van der Waals surface area (Å²) in [6, 6.07) is 5.58. The molecule has 4 aliphatic rings. The van der Waals surface area contributed by atoms with Gasteiger partial charge < -0.3 is 4.90 Å². The van der Waals surface area contributed by atoms with E-state index in [2.05, 4.69) is 24.0 Å². The molecule has 2 aromatic rings. The van der Waals surface area contributed by atoms with Gasteiger partial charge in [0.1, 0.15) is 11.6 Å². The molecule has 1 aromatic carbocycles. The maximum atomic E-state index is 14.3. The van der Waals surface area contributed by atoms with Gasteiger partial charge in [-0.2, -0.15) is 5.10 Å². The third-order valence-electron chi connectivity index (χ3n) is 8.72. The van der Waals surface area contributed by atoms with Gasteiger partial charge in [-0.15, -0.1) is 5.10 Å². The molecule has 0 unspecified atom stereocenters. The lowest BCUT2D eigenvalue weighted by molar-refractivity contribution is -0.159. The predicted octanol–water partition coefficient (Wildman–Crippen LogP) is 4.59. The first-order valence-corrected chi connectivity index (χ1v) is 10.9. The number of rotatable bonds is 2. The lowest BCUT2D eigenvalue weighted by Gasteiger charge is -2.58. The second-order valence-corrected chi connectivity index (χ2v) is 10.4. The fourth-order valence-corrected chi connectivity index (χ4v) is 6.83. The second kappa shape index (κ2) is 5.65. The van der Waals surface area contributed by atoms with E-state index in [-0.39, 0.29) is 28.5 Å². The molecule has 6 heteroatoms. The van der Waals surface area contributed by atoms with E-state index in [0.29, 0.717) is 5.41 Å². The van der Waals surface area contributed by atoms with Gasteiger partial charge in [-0.25, -0.2) is 8.78 Å². The Morgan fingerprint density at radius 3 is 2.43 bits per heavy atom. The number of amides is 1. The maximum absolute atomic E-state index is 14.3. The van der Waals surface area contributed by atoms with Crippen LogP contribution in [0.15, 0.2) is 24.3 Å². The highest BCUT2D eigenvalue weighted by Crippen LogP contribution is 2.68. The first-order chi connectivity index (χ1) is 14.3. The van der Waals surface area contributed by atoms with E-state index in [1.807, 2.05) is 4.90 Å². The van der Waals surface area contributed by atoms with Crippen LogP contribution in [0.1, 0.15) is 63.1 Å². The van der Waals surface area contributed by atoms with E-state index in [1.54, 1.807) is 6.07 Å². The molecule has 2 bridgehead atoms. The van der Waals surface area contributed by atoms with Gasteiger partial charge in [0.05, 0.1) is 22.4 Å². The Bertz CT molecular complexity index is 1070. The number of carbonyl (C=O) groups is 1. The number of aromatic nitrogens is 2. The van der Waals surface area contributed by atoms with Crippen molar-refractivity contribution in [1.82, 2.24) is 15.1 Å². The van der Waals surface area contributed by atoms with Crippen LogP contribution in [0.5, 0.6) is 0 Å². The quantitative estimate of drug-likeness (QED) is 0.729. The van der Waals surface area contributed by atoms with Gasteiger partial charge >= 0.3 is 0 Å². The standard InChI is InChI=1S/C24H25F2N3O/c1-22(2)15-7-10-24(22,21(30)29-12-23(13-29)8-4-9-23)20-14(15)11-18(27-28-20)19-16(25)5-3-6-17(19)26/h3,5-6,11,15H,4,7-10,12-13H2,1-2H3/t15-,24+/m1/s1. The van der Waals surface area contributed by atoms with Crippen molar-refractivity contribution in [1.29, 1.82) is 0 Å². The van der Waals surface area contributed by atoms with E-state index in [9.17, 15) is 13.6 Å².